The highest BCUT2D eigenvalue weighted by molar-refractivity contribution is 5.49. The number of anilines is 1. The Kier molecular flexibility index (Phi) is 2.58. The predicted molar refractivity (Wildman–Crippen MR) is 69.3 cm³/mol. The summed E-state index contributed by atoms with van der Waals surface area (Å²) in [6, 6.07) is 6.96. The third kappa shape index (κ3) is 1.60. The van der Waals surface area contributed by atoms with Gasteiger partial charge in [0.2, 0.25) is 0 Å². The fourth-order valence-electron chi connectivity index (χ4n) is 2.55. The molecular formula is C14H16FN3. The summed E-state index contributed by atoms with van der Waals surface area (Å²) in [7, 11) is 0. The highest BCUT2D eigenvalue weighted by Crippen LogP contribution is 2.33. The molecule has 3 rings (SSSR count). The third-order valence-electron chi connectivity index (χ3n) is 3.65. The van der Waals surface area contributed by atoms with Gasteiger partial charge in [0.1, 0.15) is 11.6 Å². The molecule has 2 heterocycles. The molecular weight excluding hydrogens is 229 g/mol. The van der Waals surface area contributed by atoms with Gasteiger partial charge in [-0.25, -0.2) is 9.07 Å². The molecule has 1 aromatic carbocycles. The fraction of sp³-hybridized carbons (Fsp3) is 0.357. The largest absolute Gasteiger partial charge is 0.370 e. The van der Waals surface area contributed by atoms with E-state index in [1.807, 2.05) is 30.7 Å². The van der Waals surface area contributed by atoms with Crippen LogP contribution in [0, 0.1) is 19.7 Å². The lowest BCUT2D eigenvalue weighted by atomic mass is 10.0. The van der Waals surface area contributed by atoms with Crippen LogP contribution in [0.25, 0.3) is 0 Å². The summed E-state index contributed by atoms with van der Waals surface area (Å²) in [5.74, 6) is 0.869. The molecule has 3 nitrogen and oxygen atoms in total. The number of nitrogens with one attached hydrogen (secondary N) is 1. The van der Waals surface area contributed by atoms with Crippen LogP contribution in [-0.4, -0.2) is 16.3 Å². The van der Waals surface area contributed by atoms with Gasteiger partial charge >= 0.3 is 0 Å². The van der Waals surface area contributed by atoms with Crippen molar-refractivity contribution < 1.29 is 4.39 Å². The zero-order valence-electron chi connectivity index (χ0n) is 10.6. The summed E-state index contributed by atoms with van der Waals surface area (Å²) in [6.45, 7) is 4.89. The normalized spacial score (nSPS) is 18.3. The molecule has 0 amide bonds. The summed E-state index contributed by atoms with van der Waals surface area (Å²) in [5.41, 5.74) is 2.87. The first-order chi connectivity index (χ1) is 8.68. The second-order valence-corrected chi connectivity index (χ2v) is 4.76. The van der Waals surface area contributed by atoms with E-state index in [2.05, 4.69) is 10.4 Å². The van der Waals surface area contributed by atoms with Gasteiger partial charge in [0.05, 0.1) is 11.7 Å². The molecule has 2 aromatic rings. The molecule has 0 saturated heterocycles. The summed E-state index contributed by atoms with van der Waals surface area (Å²) < 4.78 is 15.8. The first kappa shape index (κ1) is 11.3. The standard InChI is InChI=1S/C14H16FN3/c1-9-10(2)17-18-13(7-8-16-14(9)18)11-5-3-4-6-12(11)15/h3-6,13,16H,7-8H2,1-2H3. The maximum atomic E-state index is 13.9. The summed E-state index contributed by atoms with van der Waals surface area (Å²) >= 11 is 0. The van der Waals surface area contributed by atoms with Gasteiger partial charge in [-0.1, -0.05) is 18.2 Å². The van der Waals surface area contributed by atoms with Crippen LogP contribution in [0.2, 0.25) is 0 Å². The van der Waals surface area contributed by atoms with Crippen molar-refractivity contribution in [2.75, 3.05) is 11.9 Å². The average Bonchev–Trinajstić information content (AvgIpc) is 2.67. The number of halogens is 1. The van der Waals surface area contributed by atoms with E-state index in [1.165, 1.54) is 6.07 Å². The lowest BCUT2D eigenvalue weighted by Crippen LogP contribution is -2.25. The van der Waals surface area contributed by atoms with Crippen LogP contribution < -0.4 is 5.32 Å². The van der Waals surface area contributed by atoms with Crippen LogP contribution in [0.15, 0.2) is 24.3 Å². The molecule has 0 fully saturated rings. The molecule has 4 heteroatoms. The summed E-state index contributed by atoms with van der Waals surface area (Å²) in [6.07, 6.45) is 0.856. The molecule has 1 N–H and O–H groups in total. The van der Waals surface area contributed by atoms with E-state index < -0.39 is 0 Å². The minimum absolute atomic E-state index is 0.00477. The Balaban J connectivity index is 2.12. The first-order valence-corrected chi connectivity index (χ1v) is 6.22. The van der Waals surface area contributed by atoms with Crippen molar-refractivity contribution >= 4 is 5.82 Å². The molecule has 1 aliphatic rings. The summed E-state index contributed by atoms with van der Waals surface area (Å²) in [5, 5.41) is 7.89. The maximum Gasteiger partial charge on any atom is 0.128 e. The van der Waals surface area contributed by atoms with E-state index in [-0.39, 0.29) is 11.9 Å². The van der Waals surface area contributed by atoms with E-state index >= 15 is 0 Å². The Labute approximate surface area is 106 Å². The van der Waals surface area contributed by atoms with Crippen LogP contribution >= 0.6 is 0 Å². The topological polar surface area (TPSA) is 29.9 Å². The van der Waals surface area contributed by atoms with Crippen LogP contribution in [0.1, 0.15) is 29.3 Å². The van der Waals surface area contributed by atoms with Gasteiger partial charge in [-0.05, 0) is 26.3 Å². The number of rotatable bonds is 1. The zero-order valence-corrected chi connectivity index (χ0v) is 10.6. The van der Waals surface area contributed by atoms with Crippen molar-refractivity contribution in [3.05, 3.63) is 46.9 Å². The van der Waals surface area contributed by atoms with E-state index in [1.54, 1.807) is 6.07 Å². The van der Waals surface area contributed by atoms with Crippen molar-refractivity contribution in [3.8, 4) is 0 Å². The van der Waals surface area contributed by atoms with Gasteiger partial charge in [0, 0.05) is 17.7 Å². The van der Waals surface area contributed by atoms with Crippen LogP contribution in [-0.2, 0) is 0 Å². The quantitative estimate of drug-likeness (QED) is 0.837. The number of benzene rings is 1. The number of aryl methyl sites for hydroxylation is 1. The fourth-order valence-corrected chi connectivity index (χ4v) is 2.55. The molecule has 0 spiro atoms. The first-order valence-electron chi connectivity index (χ1n) is 6.22. The Bertz CT molecular complexity index is 589. The highest BCUT2D eigenvalue weighted by atomic mass is 19.1. The van der Waals surface area contributed by atoms with Crippen LogP contribution in [0.5, 0.6) is 0 Å². The van der Waals surface area contributed by atoms with Crippen LogP contribution in [0.4, 0.5) is 10.2 Å². The Morgan fingerprint density at radius 2 is 2.11 bits per heavy atom. The van der Waals surface area contributed by atoms with Gasteiger partial charge in [-0.15, -0.1) is 0 Å². The molecule has 1 aromatic heterocycles. The lowest BCUT2D eigenvalue weighted by Gasteiger charge is -2.26. The van der Waals surface area contributed by atoms with Crippen molar-refractivity contribution in [1.29, 1.82) is 0 Å². The minimum Gasteiger partial charge on any atom is -0.370 e. The monoisotopic (exact) mass is 245 g/mol. The molecule has 0 radical (unpaired) electrons. The summed E-state index contributed by atoms with van der Waals surface area (Å²) in [4.78, 5) is 0. The number of nitrogens with zero attached hydrogens (tertiary/aromatic N) is 2. The Morgan fingerprint density at radius 3 is 2.89 bits per heavy atom. The SMILES string of the molecule is Cc1nn2c(c1C)NCCC2c1ccccc1F. The second-order valence-electron chi connectivity index (χ2n) is 4.76. The smallest absolute Gasteiger partial charge is 0.128 e. The van der Waals surface area contributed by atoms with E-state index in [4.69, 9.17) is 0 Å². The third-order valence-corrected chi connectivity index (χ3v) is 3.65. The van der Waals surface area contributed by atoms with Crippen molar-refractivity contribution in [2.45, 2.75) is 26.3 Å². The molecule has 1 unspecified atom stereocenters. The Morgan fingerprint density at radius 1 is 1.33 bits per heavy atom. The molecule has 18 heavy (non-hydrogen) atoms. The number of hydrogen-bond donors (Lipinski definition) is 1. The minimum atomic E-state index is -0.152. The van der Waals surface area contributed by atoms with Gasteiger partial charge in [0.15, 0.2) is 0 Å². The molecule has 0 aliphatic carbocycles. The van der Waals surface area contributed by atoms with E-state index in [0.29, 0.717) is 0 Å². The Hall–Kier alpha value is -1.84. The molecule has 0 bridgehead atoms. The zero-order chi connectivity index (χ0) is 12.7. The number of fused-ring (bicyclic) bond motifs is 1. The van der Waals surface area contributed by atoms with Gasteiger partial charge < -0.3 is 5.32 Å². The molecule has 1 aliphatic heterocycles. The highest BCUT2D eigenvalue weighted by Gasteiger charge is 2.26. The number of aromatic nitrogens is 2. The molecule has 1 atom stereocenters. The average molecular weight is 245 g/mol. The lowest BCUT2D eigenvalue weighted by molar-refractivity contribution is 0.457. The maximum absolute atomic E-state index is 13.9. The second kappa shape index (κ2) is 4.12. The molecule has 94 valence electrons. The van der Waals surface area contributed by atoms with Gasteiger partial charge in [-0.3, -0.25) is 0 Å². The van der Waals surface area contributed by atoms with Gasteiger partial charge in [-0.2, -0.15) is 5.10 Å². The number of hydrogen-bond acceptors (Lipinski definition) is 2. The van der Waals surface area contributed by atoms with Gasteiger partial charge in [0.25, 0.3) is 0 Å². The van der Waals surface area contributed by atoms with E-state index in [0.717, 1.165) is 35.6 Å². The van der Waals surface area contributed by atoms with E-state index in [9.17, 15) is 4.39 Å². The van der Waals surface area contributed by atoms with Crippen molar-refractivity contribution in [3.63, 3.8) is 0 Å². The van der Waals surface area contributed by atoms with Crippen molar-refractivity contribution in [1.82, 2.24) is 9.78 Å². The van der Waals surface area contributed by atoms with Crippen LogP contribution in [0.3, 0.4) is 0 Å². The van der Waals surface area contributed by atoms with Crippen molar-refractivity contribution in [2.24, 2.45) is 0 Å². The predicted octanol–water partition coefficient (Wildman–Crippen LogP) is 3.04. The molecule has 0 saturated carbocycles.